The Kier molecular flexibility index (Phi) is 6.32. The number of carbonyl (C=O) groups excluding carboxylic acids is 2. The van der Waals surface area contributed by atoms with Crippen LogP contribution in [0.3, 0.4) is 0 Å². The molecule has 34 heavy (non-hydrogen) atoms. The Morgan fingerprint density at radius 1 is 1.03 bits per heavy atom. The zero-order valence-corrected chi connectivity index (χ0v) is 19.8. The van der Waals surface area contributed by atoms with Gasteiger partial charge in [0.05, 0.1) is 26.7 Å². The number of hydrogen-bond donors (Lipinski definition) is 0. The molecule has 0 aromatic heterocycles. The number of amides is 2. The van der Waals surface area contributed by atoms with Gasteiger partial charge in [0.25, 0.3) is 0 Å². The molecule has 180 valence electrons. The van der Waals surface area contributed by atoms with Crippen molar-refractivity contribution in [3.8, 4) is 17.2 Å². The average molecular weight is 466 g/mol. The Balaban J connectivity index is 1.16. The first kappa shape index (κ1) is 22.5. The number of carbonyl (C=O) groups is 2. The van der Waals surface area contributed by atoms with Gasteiger partial charge in [0, 0.05) is 63.9 Å². The predicted octanol–water partition coefficient (Wildman–Crippen LogP) is 2.34. The van der Waals surface area contributed by atoms with Crippen LogP contribution in [0.1, 0.15) is 17.5 Å². The van der Waals surface area contributed by atoms with Crippen LogP contribution in [0.2, 0.25) is 0 Å². The maximum Gasteiger partial charge on any atom is 0.228 e. The lowest BCUT2D eigenvalue weighted by Gasteiger charge is -2.36. The number of methoxy groups -OCH3 is 2. The molecule has 2 amide bonds. The summed E-state index contributed by atoms with van der Waals surface area (Å²) in [4.78, 5) is 31.9. The summed E-state index contributed by atoms with van der Waals surface area (Å²) in [6.45, 7) is 5.09. The lowest BCUT2D eigenvalue weighted by molar-refractivity contribution is -0.137. The van der Waals surface area contributed by atoms with Gasteiger partial charge in [-0.05, 0) is 29.3 Å². The van der Waals surface area contributed by atoms with E-state index in [4.69, 9.17) is 14.2 Å². The second kappa shape index (κ2) is 9.54. The first-order chi connectivity index (χ1) is 16.6. The highest BCUT2D eigenvalue weighted by Crippen LogP contribution is 2.34. The fraction of sp³-hybridized carbons (Fsp3) is 0.462. The van der Waals surface area contributed by atoms with Crippen molar-refractivity contribution in [2.75, 3.05) is 58.5 Å². The van der Waals surface area contributed by atoms with Gasteiger partial charge in [0.1, 0.15) is 5.75 Å². The first-order valence-corrected chi connectivity index (χ1v) is 11.8. The van der Waals surface area contributed by atoms with E-state index in [2.05, 4.69) is 23.1 Å². The van der Waals surface area contributed by atoms with Gasteiger partial charge in [-0.25, -0.2) is 0 Å². The zero-order valence-electron chi connectivity index (χ0n) is 19.8. The summed E-state index contributed by atoms with van der Waals surface area (Å²) >= 11 is 0. The second-order valence-electron chi connectivity index (χ2n) is 9.09. The third-order valence-corrected chi connectivity index (χ3v) is 7.00. The van der Waals surface area contributed by atoms with Crippen LogP contribution in [0.25, 0.3) is 0 Å². The van der Waals surface area contributed by atoms with E-state index in [0.29, 0.717) is 31.1 Å². The third-order valence-electron chi connectivity index (χ3n) is 7.00. The van der Waals surface area contributed by atoms with Crippen molar-refractivity contribution in [3.05, 3.63) is 47.5 Å². The molecule has 0 spiro atoms. The Hall–Kier alpha value is -3.26. The molecule has 2 saturated heterocycles. The molecule has 1 unspecified atom stereocenters. The van der Waals surface area contributed by atoms with Crippen LogP contribution >= 0.6 is 0 Å². The molecule has 1 atom stereocenters. The number of hydrogen-bond acceptors (Lipinski definition) is 6. The van der Waals surface area contributed by atoms with Gasteiger partial charge in [-0.2, -0.15) is 0 Å². The largest absolute Gasteiger partial charge is 0.493 e. The van der Waals surface area contributed by atoms with E-state index in [9.17, 15) is 9.59 Å². The summed E-state index contributed by atoms with van der Waals surface area (Å²) in [5, 5.41) is 0. The van der Waals surface area contributed by atoms with E-state index in [1.807, 2.05) is 11.0 Å². The number of fused-ring (bicyclic) bond motifs is 1. The molecular weight excluding hydrogens is 434 g/mol. The molecule has 2 fully saturated rings. The average Bonchev–Trinajstić information content (AvgIpc) is 3.49. The molecule has 0 aliphatic carbocycles. The van der Waals surface area contributed by atoms with Crippen molar-refractivity contribution < 1.29 is 23.8 Å². The van der Waals surface area contributed by atoms with Gasteiger partial charge in [-0.3, -0.25) is 14.5 Å². The normalized spacial score (nSPS) is 20.3. The Morgan fingerprint density at radius 3 is 2.59 bits per heavy atom. The summed E-state index contributed by atoms with van der Waals surface area (Å²) in [6.07, 6.45) is 1.22. The highest BCUT2D eigenvalue weighted by atomic mass is 16.5. The molecule has 3 aliphatic rings. The van der Waals surface area contributed by atoms with Crippen molar-refractivity contribution in [3.63, 3.8) is 0 Å². The molecule has 3 aliphatic heterocycles. The fourth-order valence-corrected chi connectivity index (χ4v) is 5.10. The van der Waals surface area contributed by atoms with Gasteiger partial charge >= 0.3 is 0 Å². The quantitative estimate of drug-likeness (QED) is 0.652. The van der Waals surface area contributed by atoms with E-state index in [0.717, 1.165) is 44.1 Å². The van der Waals surface area contributed by atoms with Crippen LogP contribution in [-0.2, 0) is 22.6 Å². The molecule has 0 bridgehead atoms. The van der Waals surface area contributed by atoms with Crippen molar-refractivity contribution in [2.24, 2.45) is 5.92 Å². The molecule has 8 nitrogen and oxygen atoms in total. The third kappa shape index (κ3) is 4.42. The van der Waals surface area contributed by atoms with E-state index < -0.39 is 0 Å². The first-order valence-electron chi connectivity index (χ1n) is 11.8. The topological polar surface area (TPSA) is 71.5 Å². The maximum atomic E-state index is 13.2. The summed E-state index contributed by atoms with van der Waals surface area (Å²) in [5.41, 5.74) is 3.30. The maximum absolute atomic E-state index is 13.2. The molecule has 8 heteroatoms. The molecule has 0 radical (unpaired) electrons. The summed E-state index contributed by atoms with van der Waals surface area (Å²) in [5.74, 6) is 1.90. The predicted molar refractivity (Wildman–Crippen MR) is 128 cm³/mol. The lowest BCUT2D eigenvalue weighted by Crippen LogP contribution is -2.50. The number of rotatable bonds is 6. The van der Waals surface area contributed by atoms with Crippen LogP contribution in [0.5, 0.6) is 17.2 Å². The minimum atomic E-state index is -0.316. The van der Waals surface area contributed by atoms with E-state index in [1.165, 1.54) is 11.1 Å². The van der Waals surface area contributed by atoms with Crippen molar-refractivity contribution >= 4 is 17.5 Å². The summed E-state index contributed by atoms with van der Waals surface area (Å²) in [6, 6.07) is 11.8. The number of benzene rings is 2. The highest BCUT2D eigenvalue weighted by Gasteiger charge is 2.38. The van der Waals surface area contributed by atoms with Gasteiger partial charge < -0.3 is 24.0 Å². The highest BCUT2D eigenvalue weighted by molar-refractivity contribution is 6.00. The fourth-order valence-electron chi connectivity index (χ4n) is 5.10. The van der Waals surface area contributed by atoms with E-state index >= 15 is 0 Å². The Labute approximate surface area is 200 Å². The molecule has 2 aromatic rings. The van der Waals surface area contributed by atoms with Crippen LogP contribution in [0.15, 0.2) is 36.4 Å². The van der Waals surface area contributed by atoms with Crippen LogP contribution in [0.4, 0.5) is 5.69 Å². The van der Waals surface area contributed by atoms with E-state index in [1.54, 1.807) is 31.3 Å². The van der Waals surface area contributed by atoms with Crippen molar-refractivity contribution in [1.29, 1.82) is 0 Å². The summed E-state index contributed by atoms with van der Waals surface area (Å²) in [7, 11) is 3.14. The molecule has 0 saturated carbocycles. The monoisotopic (exact) mass is 465 g/mol. The lowest BCUT2D eigenvalue weighted by atomic mass is 10.1. The number of piperazine rings is 1. The van der Waals surface area contributed by atoms with Crippen molar-refractivity contribution in [1.82, 2.24) is 9.80 Å². The standard InChI is InChI=1S/C26H31N3O5/c1-32-23-6-4-21(15-24(23)33-2)29-17-20(14-25(29)30)26(31)28-10-8-27(9-11-28)16-18-3-5-22-19(13-18)7-12-34-22/h3-6,13,15,20H,7-12,14,16-17H2,1-2H3. The van der Waals surface area contributed by atoms with Crippen molar-refractivity contribution in [2.45, 2.75) is 19.4 Å². The molecular formula is C26H31N3O5. The molecule has 3 heterocycles. The second-order valence-corrected chi connectivity index (χ2v) is 9.09. The number of ether oxygens (including phenoxy) is 3. The molecule has 2 aromatic carbocycles. The molecule has 5 rings (SSSR count). The Bertz CT molecular complexity index is 1080. The smallest absolute Gasteiger partial charge is 0.228 e. The minimum Gasteiger partial charge on any atom is -0.493 e. The van der Waals surface area contributed by atoms with Gasteiger partial charge in [-0.15, -0.1) is 0 Å². The Morgan fingerprint density at radius 2 is 1.82 bits per heavy atom. The van der Waals surface area contributed by atoms with Gasteiger partial charge in [0.2, 0.25) is 11.8 Å². The summed E-state index contributed by atoms with van der Waals surface area (Å²) < 4.78 is 16.3. The van der Waals surface area contributed by atoms with E-state index in [-0.39, 0.29) is 24.2 Å². The number of anilines is 1. The zero-order chi connectivity index (χ0) is 23.7. The number of nitrogens with zero attached hydrogens (tertiary/aromatic N) is 3. The van der Waals surface area contributed by atoms with Crippen LogP contribution in [-0.4, -0.2) is 75.2 Å². The van der Waals surface area contributed by atoms with Crippen LogP contribution in [0, 0.1) is 5.92 Å². The van der Waals surface area contributed by atoms with Gasteiger partial charge in [0.15, 0.2) is 11.5 Å². The minimum absolute atomic E-state index is 0.0372. The SMILES string of the molecule is COc1ccc(N2CC(C(=O)N3CCN(Cc4ccc5c(c4)CCO5)CC3)CC2=O)cc1OC. The molecule has 0 N–H and O–H groups in total. The van der Waals surface area contributed by atoms with Gasteiger partial charge in [-0.1, -0.05) is 12.1 Å². The van der Waals surface area contributed by atoms with Crippen LogP contribution < -0.4 is 19.1 Å².